The number of aryl methyl sites for hydroxylation is 1. The molecule has 1 heterocycles. The number of esters is 1. The monoisotopic (exact) mass is 289 g/mol. The molecule has 0 amide bonds. The van der Waals surface area contributed by atoms with Gasteiger partial charge in [0.05, 0.1) is 18.7 Å². The predicted octanol–water partition coefficient (Wildman–Crippen LogP) is 2.88. The largest absolute Gasteiger partial charge is 0.497 e. The third kappa shape index (κ3) is 3.84. The molecule has 0 aliphatic heterocycles. The van der Waals surface area contributed by atoms with Crippen molar-refractivity contribution in [2.24, 2.45) is 0 Å². The standard InChI is InChI=1S/C16H19NO4/c1-10(2)21-16(18)9-20-15-7-11(3)17-14-8-12(19-4)5-6-13(14)15/h5-8,10H,9H2,1-4H3. The molecule has 5 heteroatoms. The number of rotatable bonds is 5. The first kappa shape index (κ1) is 15.1. The van der Waals surface area contributed by atoms with Gasteiger partial charge < -0.3 is 14.2 Å². The van der Waals surface area contributed by atoms with Crippen molar-refractivity contribution in [3.8, 4) is 11.5 Å². The maximum absolute atomic E-state index is 11.6. The molecule has 0 fully saturated rings. The van der Waals surface area contributed by atoms with Crippen LogP contribution >= 0.6 is 0 Å². The summed E-state index contributed by atoms with van der Waals surface area (Å²) in [7, 11) is 1.61. The number of pyridine rings is 1. The summed E-state index contributed by atoms with van der Waals surface area (Å²) in [6, 6.07) is 7.33. The van der Waals surface area contributed by atoms with Crippen molar-refractivity contribution >= 4 is 16.9 Å². The molecule has 0 spiro atoms. The van der Waals surface area contributed by atoms with E-state index in [2.05, 4.69) is 4.98 Å². The van der Waals surface area contributed by atoms with Gasteiger partial charge >= 0.3 is 5.97 Å². The SMILES string of the molecule is COc1ccc2c(OCC(=O)OC(C)C)cc(C)nc2c1. The van der Waals surface area contributed by atoms with E-state index < -0.39 is 0 Å². The second-order valence-corrected chi connectivity index (χ2v) is 4.97. The fraction of sp³-hybridized carbons (Fsp3) is 0.375. The molecule has 5 nitrogen and oxygen atoms in total. The molecule has 0 aliphatic rings. The third-order valence-electron chi connectivity index (χ3n) is 2.82. The van der Waals surface area contributed by atoms with Crippen LogP contribution in [0.5, 0.6) is 11.5 Å². The molecule has 0 unspecified atom stereocenters. The molecule has 0 atom stereocenters. The Kier molecular flexibility index (Phi) is 4.62. The van der Waals surface area contributed by atoms with Gasteiger partial charge in [0.2, 0.25) is 0 Å². The number of hydrogen-bond donors (Lipinski definition) is 0. The van der Waals surface area contributed by atoms with Crippen LogP contribution < -0.4 is 9.47 Å². The summed E-state index contributed by atoms with van der Waals surface area (Å²) in [5, 5.41) is 0.832. The molecule has 0 aliphatic carbocycles. The van der Waals surface area contributed by atoms with Gasteiger partial charge in [-0.2, -0.15) is 0 Å². The normalized spacial score (nSPS) is 10.7. The summed E-state index contributed by atoms with van der Waals surface area (Å²) >= 11 is 0. The molecule has 0 N–H and O–H groups in total. The van der Waals surface area contributed by atoms with Gasteiger partial charge in [-0.3, -0.25) is 4.98 Å². The van der Waals surface area contributed by atoms with E-state index in [0.29, 0.717) is 5.75 Å². The van der Waals surface area contributed by atoms with Gasteiger partial charge in [0.25, 0.3) is 0 Å². The van der Waals surface area contributed by atoms with Gasteiger partial charge in [0, 0.05) is 23.2 Å². The summed E-state index contributed by atoms with van der Waals surface area (Å²) in [6.45, 7) is 5.35. The first-order valence-electron chi connectivity index (χ1n) is 6.77. The van der Waals surface area contributed by atoms with Crippen molar-refractivity contribution in [1.29, 1.82) is 0 Å². The minimum absolute atomic E-state index is 0.122. The van der Waals surface area contributed by atoms with Crippen molar-refractivity contribution in [2.45, 2.75) is 26.9 Å². The number of ether oxygens (including phenoxy) is 3. The first-order valence-corrected chi connectivity index (χ1v) is 6.77. The van der Waals surface area contributed by atoms with Crippen molar-refractivity contribution < 1.29 is 19.0 Å². The van der Waals surface area contributed by atoms with Crippen LogP contribution in [0.15, 0.2) is 24.3 Å². The van der Waals surface area contributed by atoms with Crippen molar-refractivity contribution in [3.63, 3.8) is 0 Å². The van der Waals surface area contributed by atoms with Gasteiger partial charge in [-0.25, -0.2) is 4.79 Å². The van der Waals surface area contributed by atoms with Gasteiger partial charge in [-0.1, -0.05) is 0 Å². The molecular weight excluding hydrogens is 270 g/mol. The minimum atomic E-state index is -0.388. The highest BCUT2D eigenvalue weighted by Crippen LogP contribution is 2.28. The summed E-state index contributed by atoms with van der Waals surface area (Å²) < 4.78 is 15.8. The van der Waals surface area contributed by atoms with Crippen LogP contribution in [-0.4, -0.2) is 30.8 Å². The molecule has 21 heavy (non-hydrogen) atoms. The van der Waals surface area contributed by atoms with Crippen molar-refractivity contribution in [1.82, 2.24) is 4.98 Å². The van der Waals surface area contributed by atoms with E-state index in [4.69, 9.17) is 14.2 Å². The number of methoxy groups -OCH3 is 1. The van der Waals surface area contributed by atoms with Gasteiger partial charge in [0.1, 0.15) is 11.5 Å². The van der Waals surface area contributed by atoms with Crippen LogP contribution in [0.2, 0.25) is 0 Å². The van der Waals surface area contributed by atoms with E-state index in [1.807, 2.05) is 25.1 Å². The Morgan fingerprint density at radius 2 is 2.05 bits per heavy atom. The Bertz CT molecular complexity index is 652. The average molecular weight is 289 g/mol. The molecule has 1 aromatic carbocycles. The molecule has 112 valence electrons. The molecule has 2 aromatic rings. The first-order chi connectivity index (χ1) is 9.99. The Balaban J connectivity index is 2.24. The van der Waals surface area contributed by atoms with E-state index in [9.17, 15) is 4.79 Å². The zero-order valence-electron chi connectivity index (χ0n) is 12.7. The summed E-state index contributed by atoms with van der Waals surface area (Å²) in [5.74, 6) is 0.952. The molecule has 1 aromatic heterocycles. The Labute approximate surface area is 123 Å². The van der Waals surface area contributed by atoms with Gasteiger partial charge in [0.15, 0.2) is 6.61 Å². The lowest BCUT2D eigenvalue weighted by molar-refractivity contribution is -0.149. The lowest BCUT2D eigenvalue weighted by atomic mass is 10.2. The fourth-order valence-corrected chi connectivity index (χ4v) is 1.98. The Morgan fingerprint density at radius 3 is 2.71 bits per heavy atom. The van der Waals surface area contributed by atoms with Crippen LogP contribution in [-0.2, 0) is 9.53 Å². The van der Waals surface area contributed by atoms with Crippen molar-refractivity contribution in [3.05, 3.63) is 30.0 Å². The van der Waals surface area contributed by atoms with E-state index in [1.165, 1.54) is 0 Å². The number of hydrogen-bond acceptors (Lipinski definition) is 5. The highest BCUT2D eigenvalue weighted by molar-refractivity contribution is 5.86. The van der Waals surface area contributed by atoms with Gasteiger partial charge in [-0.05, 0) is 32.9 Å². The lowest BCUT2D eigenvalue weighted by Crippen LogP contribution is -2.18. The van der Waals surface area contributed by atoms with Gasteiger partial charge in [-0.15, -0.1) is 0 Å². The molecule has 2 rings (SSSR count). The maximum Gasteiger partial charge on any atom is 0.344 e. The number of aromatic nitrogens is 1. The lowest BCUT2D eigenvalue weighted by Gasteiger charge is -2.12. The third-order valence-corrected chi connectivity index (χ3v) is 2.82. The van der Waals surface area contributed by atoms with Crippen LogP contribution in [0.4, 0.5) is 0 Å². The summed E-state index contributed by atoms with van der Waals surface area (Å²) in [4.78, 5) is 16.0. The maximum atomic E-state index is 11.6. The Morgan fingerprint density at radius 1 is 1.29 bits per heavy atom. The number of carbonyl (C=O) groups excluding carboxylic acids is 1. The molecule has 0 saturated heterocycles. The molecule has 0 saturated carbocycles. The van der Waals surface area contributed by atoms with E-state index in [-0.39, 0.29) is 18.7 Å². The zero-order valence-corrected chi connectivity index (χ0v) is 12.7. The minimum Gasteiger partial charge on any atom is -0.497 e. The van der Waals surface area contributed by atoms with Crippen molar-refractivity contribution in [2.75, 3.05) is 13.7 Å². The average Bonchev–Trinajstić information content (AvgIpc) is 2.43. The second-order valence-electron chi connectivity index (χ2n) is 4.97. The quantitative estimate of drug-likeness (QED) is 0.792. The number of benzene rings is 1. The van der Waals surface area contributed by atoms with E-state index >= 15 is 0 Å². The number of nitrogens with zero attached hydrogens (tertiary/aromatic N) is 1. The molecule has 0 bridgehead atoms. The summed E-state index contributed by atoms with van der Waals surface area (Å²) in [6.07, 6.45) is -0.152. The van der Waals surface area contributed by atoms with Crippen LogP contribution in [0, 0.1) is 6.92 Å². The Hall–Kier alpha value is -2.30. The molecular formula is C16H19NO4. The number of fused-ring (bicyclic) bond motifs is 1. The zero-order chi connectivity index (χ0) is 15.4. The van der Waals surface area contributed by atoms with E-state index in [1.54, 1.807) is 27.0 Å². The van der Waals surface area contributed by atoms with Crippen LogP contribution in [0.3, 0.4) is 0 Å². The predicted molar refractivity (Wildman–Crippen MR) is 79.8 cm³/mol. The van der Waals surface area contributed by atoms with Crippen LogP contribution in [0.25, 0.3) is 10.9 Å². The van der Waals surface area contributed by atoms with E-state index in [0.717, 1.165) is 22.3 Å². The summed E-state index contributed by atoms with van der Waals surface area (Å²) in [5.41, 5.74) is 1.57. The topological polar surface area (TPSA) is 57.7 Å². The second kappa shape index (κ2) is 6.43. The fourth-order valence-electron chi connectivity index (χ4n) is 1.98. The highest BCUT2D eigenvalue weighted by Gasteiger charge is 2.10. The molecule has 0 radical (unpaired) electrons. The smallest absolute Gasteiger partial charge is 0.344 e. The highest BCUT2D eigenvalue weighted by atomic mass is 16.6. The number of carbonyl (C=O) groups is 1. The van der Waals surface area contributed by atoms with Crippen LogP contribution in [0.1, 0.15) is 19.5 Å².